The van der Waals surface area contributed by atoms with Crippen LogP contribution in [-0.4, -0.2) is 94.7 Å². The molecule has 0 bridgehead atoms. The van der Waals surface area contributed by atoms with Crippen molar-refractivity contribution in [3.8, 4) is 0 Å². The van der Waals surface area contributed by atoms with Crippen LogP contribution in [0.4, 0.5) is 0 Å². The van der Waals surface area contributed by atoms with Crippen molar-refractivity contribution in [1.82, 2.24) is 0 Å². The van der Waals surface area contributed by atoms with Crippen LogP contribution < -0.4 is 0 Å². The number of aliphatic hydroxyl groups is 1. The summed E-state index contributed by atoms with van der Waals surface area (Å²) in [6.07, 6.45) is -7.30. The van der Waals surface area contributed by atoms with Crippen LogP contribution in [0.5, 0.6) is 0 Å². The SMILES string of the molecule is C=C1[C@@H](OC(C)=O)[C@H](OC(C)=O)[C@H](OC(C)=O)C(C)(C)C=C[C@@H](C)[C@@H](OC(C)=O)[C@]2(O)C[C@](C)(OC(C)=O)[C@@H](OC(=O)c3ccccc3)[C@H]2[C@@H]1OC(C)=O. The molecule has 1 saturated carbocycles. The number of rotatable bonds is 8. The van der Waals surface area contributed by atoms with Crippen LogP contribution >= 0.6 is 0 Å². The molecule has 0 unspecified atom stereocenters. The van der Waals surface area contributed by atoms with Gasteiger partial charge < -0.3 is 38.3 Å². The molecule has 10 atom stereocenters. The average molecular weight is 759 g/mol. The number of hydrogen-bond acceptors (Lipinski definition) is 15. The van der Waals surface area contributed by atoms with Gasteiger partial charge in [-0.15, -0.1) is 0 Å². The van der Waals surface area contributed by atoms with Gasteiger partial charge in [0.1, 0.15) is 23.4 Å². The molecule has 0 aromatic heterocycles. The molecule has 0 saturated heterocycles. The van der Waals surface area contributed by atoms with Crippen LogP contribution in [0.3, 0.4) is 0 Å². The molecular formula is C39H50O15. The lowest BCUT2D eigenvalue weighted by Crippen LogP contribution is -2.60. The van der Waals surface area contributed by atoms with E-state index in [0.29, 0.717) is 0 Å². The van der Waals surface area contributed by atoms with Gasteiger partial charge in [-0.2, -0.15) is 0 Å². The van der Waals surface area contributed by atoms with Crippen molar-refractivity contribution >= 4 is 41.8 Å². The van der Waals surface area contributed by atoms with E-state index >= 15 is 0 Å². The maximum Gasteiger partial charge on any atom is 0.338 e. The van der Waals surface area contributed by atoms with E-state index in [1.165, 1.54) is 19.1 Å². The van der Waals surface area contributed by atoms with Gasteiger partial charge in [-0.25, -0.2) is 4.79 Å². The molecule has 1 N–H and O–H groups in total. The molecule has 0 aliphatic heterocycles. The van der Waals surface area contributed by atoms with E-state index in [0.717, 1.165) is 41.5 Å². The number of ether oxygens (including phenoxy) is 7. The second kappa shape index (κ2) is 17.0. The minimum atomic E-state index is -2.39. The normalized spacial score (nSPS) is 31.9. The van der Waals surface area contributed by atoms with Crippen LogP contribution in [0, 0.1) is 17.3 Å². The highest BCUT2D eigenvalue weighted by atomic mass is 16.6. The van der Waals surface area contributed by atoms with Crippen molar-refractivity contribution in [2.45, 2.75) is 123 Å². The zero-order chi connectivity index (χ0) is 40.9. The molecule has 1 aromatic carbocycles. The lowest BCUT2D eigenvalue weighted by molar-refractivity contribution is -0.198. The summed E-state index contributed by atoms with van der Waals surface area (Å²) in [7, 11) is 0. The molecule has 1 aromatic rings. The Morgan fingerprint density at radius 2 is 1.17 bits per heavy atom. The largest absolute Gasteiger partial charge is 0.459 e. The molecule has 0 radical (unpaired) electrons. The van der Waals surface area contributed by atoms with Gasteiger partial charge >= 0.3 is 41.8 Å². The van der Waals surface area contributed by atoms with Gasteiger partial charge in [-0.05, 0) is 19.1 Å². The van der Waals surface area contributed by atoms with Crippen molar-refractivity contribution in [2.24, 2.45) is 17.3 Å². The van der Waals surface area contributed by atoms with Crippen molar-refractivity contribution in [3.05, 3.63) is 60.2 Å². The number of esters is 7. The Balaban J connectivity index is 2.56. The maximum atomic E-state index is 13.8. The van der Waals surface area contributed by atoms with Crippen LogP contribution in [0.15, 0.2) is 54.6 Å². The first-order chi connectivity index (χ1) is 24.9. The number of carbonyl (C=O) groups is 7. The molecular weight excluding hydrogens is 708 g/mol. The summed E-state index contributed by atoms with van der Waals surface area (Å²) >= 11 is 0. The fourth-order valence-electron chi connectivity index (χ4n) is 7.50. The molecule has 0 heterocycles. The Bertz CT molecular complexity index is 1660. The molecule has 54 heavy (non-hydrogen) atoms. The molecule has 2 aliphatic rings. The second-order valence-corrected chi connectivity index (χ2v) is 14.6. The first-order valence-electron chi connectivity index (χ1n) is 17.4. The van der Waals surface area contributed by atoms with E-state index in [-0.39, 0.29) is 11.1 Å². The quantitative estimate of drug-likeness (QED) is 0.228. The number of hydrogen-bond donors (Lipinski definition) is 1. The minimum absolute atomic E-state index is 0.0705. The Morgan fingerprint density at radius 3 is 1.67 bits per heavy atom. The first kappa shape index (κ1) is 43.4. The van der Waals surface area contributed by atoms with E-state index in [1.54, 1.807) is 51.1 Å². The lowest BCUT2D eigenvalue weighted by Gasteiger charge is -2.46. The van der Waals surface area contributed by atoms with Crippen LogP contribution in [0.1, 0.15) is 86.0 Å². The highest BCUT2D eigenvalue weighted by Gasteiger charge is 2.70. The van der Waals surface area contributed by atoms with Gasteiger partial charge in [0.25, 0.3) is 0 Å². The van der Waals surface area contributed by atoms with Crippen LogP contribution in [0.25, 0.3) is 0 Å². The Morgan fingerprint density at radius 1 is 0.667 bits per heavy atom. The Kier molecular flexibility index (Phi) is 13.6. The third-order valence-electron chi connectivity index (χ3n) is 9.42. The molecule has 0 spiro atoms. The number of fused-ring (bicyclic) bond motifs is 1. The van der Waals surface area contributed by atoms with E-state index in [4.69, 9.17) is 33.2 Å². The average Bonchev–Trinajstić information content (AvgIpc) is 3.25. The van der Waals surface area contributed by atoms with Gasteiger partial charge in [0.15, 0.2) is 24.4 Å². The fraction of sp³-hybridized carbons (Fsp3) is 0.564. The minimum Gasteiger partial charge on any atom is -0.459 e. The van der Waals surface area contributed by atoms with Crippen molar-refractivity contribution < 1.29 is 71.8 Å². The summed E-state index contributed by atoms with van der Waals surface area (Å²) in [6.45, 7) is 16.9. The predicted molar refractivity (Wildman–Crippen MR) is 188 cm³/mol. The van der Waals surface area contributed by atoms with E-state index in [2.05, 4.69) is 6.58 Å². The topological polar surface area (TPSA) is 204 Å². The summed E-state index contributed by atoms with van der Waals surface area (Å²) in [4.78, 5) is 90.5. The molecule has 15 heteroatoms. The van der Waals surface area contributed by atoms with E-state index in [9.17, 15) is 38.7 Å². The van der Waals surface area contributed by atoms with E-state index in [1.807, 2.05) is 0 Å². The fourth-order valence-corrected chi connectivity index (χ4v) is 7.50. The van der Waals surface area contributed by atoms with Crippen molar-refractivity contribution in [1.29, 1.82) is 0 Å². The third kappa shape index (κ3) is 9.92. The highest BCUT2D eigenvalue weighted by Crippen LogP contribution is 2.54. The van der Waals surface area contributed by atoms with Gasteiger partial charge in [0.05, 0.1) is 11.5 Å². The summed E-state index contributed by atoms with van der Waals surface area (Å²) < 4.78 is 40.9. The summed E-state index contributed by atoms with van der Waals surface area (Å²) in [5, 5.41) is 13.2. The van der Waals surface area contributed by atoms with Crippen molar-refractivity contribution in [3.63, 3.8) is 0 Å². The second-order valence-electron chi connectivity index (χ2n) is 14.6. The molecule has 3 rings (SSSR count). The Labute approximate surface area is 314 Å². The first-order valence-corrected chi connectivity index (χ1v) is 17.4. The summed E-state index contributed by atoms with van der Waals surface area (Å²) in [5.74, 6) is -8.76. The van der Waals surface area contributed by atoms with Gasteiger partial charge in [0.2, 0.25) is 0 Å². The van der Waals surface area contributed by atoms with Crippen LogP contribution in [-0.2, 0) is 61.9 Å². The predicted octanol–water partition coefficient (Wildman–Crippen LogP) is 3.73. The molecule has 15 nitrogen and oxygen atoms in total. The van der Waals surface area contributed by atoms with Gasteiger partial charge in [0, 0.05) is 64.9 Å². The number of benzene rings is 1. The molecule has 1 fully saturated rings. The highest BCUT2D eigenvalue weighted by molar-refractivity contribution is 5.89. The monoisotopic (exact) mass is 758 g/mol. The molecule has 2 aliphatic carbocycles. The van der Waals surface area contributed by atoms with Crippen LogP contribution in [0.2, 0.25) is 0 Å². The van der Waals surface area contributed by atoms with Crippen molar-refractivity contribution in [2.75, 3.05) is 0 Å². The standard InChI is InChI=1S/C39H50O15/c1-20-17-18-37(9,10)35(52-26(7)44)32(50-24(5)42)31(49-23(4)41)21(2)30(48-22(3)40)29-34(53-36(46)28-15-13-12-14-16-28)38(11,54-27(8)45)19-39(29,47)33(20)51-25(6)43/h12-18,20,29-35,47H,2,19H2,1,3-11H3/t20-,29-,30-,31-,32+,33-,34+,35+,38+,39+/m1/s1. The third-order valence-corrected chi connectivity index (χ3v) is 9.42. The van der Waals surface area contributed by atoms with Gasteiger partial charge in [-0.3, -0.25) is 28.8 Å². The van der Waals surface area contributed by atoms with E-state index < -0.39 is 113 Å². The summed E-state index contributed by atoms with van der Waals surface area (Å²) in [6, 6.07) is 7.75. The van der Waals surface area contributed by atoms with Gasteiger partial charge in [-0.1, -0.05) is 57.7 Å². The zero-order valence-electron chi connectivity index (χ0n) is 32.2. The Hall–Kier alpha value is -5.05. The number of carbonyl (C=O) groups excluding carboxylic acids is 7. The zero-order valence-corrected chi connectivity index (χ0v) is 32.2. The smallest absolute Gasteiger partial charge is 0.338 e. The molecule has 0 amide bonds. The lowest BCUT2D eigenvalue weighted by atomic mass is 9.71. The summed E-state index contributed by atoms with van der Waals surface area (Å²) in [5.41, 5.74) is -5.80. The molecule has 296 valence electrons. The maximum absolute atomic E-state index is 13.8.